The third-order valence-corrected chi connectivity index (χ3v) is 7.47. The topological polar surface area (TPSA) is 284 Å². The van der Waals surface area contributed by atoms with Crippen molar-refractivity contribution in [2.24, 2.45) is 0 Å². The standard InChI is InChI=1S/C6H12.C6H6.3C5H5N.5C4H4N2.3C3H3N3.13C2H6/c5*1-2-4-6-5-3-1;2*1-2-6-4-3-5-1;2*1-2-5-4-6-3-1;1-2-4-6-5-3-1;1-4-2-6-3-5-1;2*1-2-5-6-3-4-1;13*1-2/h1-6H2;1-6H;3*1-5H;5*1-4H;3*1-3H;13*1-2H3. The van der Waals surface area contributed by atoms with Crippen LogP contribution in [0.25, 0.3) is 0 Å². The molecule has 1 aliphatic rings. The second-order valence-corrected chi connectivity index (χ2v) is 13.2. The minimum absolute atomic E-state index is 1.39. The zero-order valence-electron chi connectivity index (χ0n) is 68.9. The van der Waals surface area contributed by atoms with Gasteiger partial charge in [-0.1, -0.05) is 273 Å². The highest BCUT2D eigenvalue weighted by Gasteiger charge is 1.95. The number of rotatable bonds is 0. The number of hydrogen-bond acceptors (Lipinski definition) is 22. The first-order valence-corrected chi connectivity index (χ1v) is 36.7. The third-order valence-electron chi connectivity index (χ3n) is 7.47. The van der Waals surface area contributed by atoms with E-state index < -0.39 is 0 Å². The Balaban J connectivity index is -0.0000000764. The van der Waals surface area contributed by atoms with Gasteiger partial charge in [0.25, 0.3) is 0 Å². The van der Waals surface area contributed by atoms with Gasteiger partial charge in [-0.25, -0.2) is 44.9 Å². The molecule has 1 aliphatic carbocycles. The van der Waals surface area contributed by atoms with E-state index in [4.69, 9.17) is 0 Å². The maximum absolute atomic E-state index is 3.78. The van der Waals surface area contributed by atoms with E-state index in [1.54, 1.807) is 148 Å². The summed E-state index contributed by atoms with van der Waals surface area (Å²) in [7, 11) is 0. The zero-order chi connectivity index (χ0) is 81.2. The second-order valence-electron chi connectivity index (χ2n) is 13.2. The molecule has 0 spiro atoms. The molecular weight excluding hydrogens is 1290 g/mol. The average molecular weight is 1430 g/mol. The maximum Gasteiger partial charge on any atom is 0.138 e. The summed E-state index contributed by atoms with van der Waals surface area (Å²) in [6.45, 7) is 52.0. The molecule has 1 fully saturated rings. The minimum Gasteiger partial charge on any atom is -0.265 e. The summed E-state index contributed by atoms with van der Waals surface area (Å²) in [4.78, 5) is 58.8. The smallest absolute Gasteiger partial charge is 0.138 e. The van der Waals surface area contributed by atoms with Gasteiger partial charge < -0.3 is 0 Å². The Morgan fingerprint density at radius 3 is 0.327 bits per heavy atom. The summed E-state index contributed by atoms with van der Waals surface area (Å²) < 4.78 is 0. The Morgan fingerprint density at radius 1 is 0.106 bits per heavy atom. The molecule has 11 heterocycles. The van der Waals surface area contributed by atoms with Crippen molar-refractivity contribution >= 4 is 0 Å². The van der Waals surface area contributed by atoms with E-state index in [1.807, 2.05) is 283 Å². The molecule has 13 rings (SSSR count). The lowest BCUT2D eigenvalue weighted by Crippen LogP contribution is -1.85. The van der Waals surface area contributed by atoms with Crippen molar-refractivity contribution in [3.63, 3.8) is 0 Å². The fourth-order valence-electron chi connectivity index (χ4n) is 4.26. The van der Waals surface area contributed by atoms with E-state index in [-0.39, 0.29) is 0 Å². The Morgan fingerprint density at radius 2 is 0.250 bits per heavy atom. The summed E-state index contributed by atoms with van der Waals surface area (Å²) >= 11 is 0. The Kier molecular flexibility index (Phi) is 201. The molecule has 104 heavy (non-hydrogen) atoms. The third kappa shape index (κ3) is 164. The molecular formula is C82H140N22. The first-order chi connectivity index (χ1) is 52.0. The fraction of sp³-hybridized carbons (Fsp3) is 0.390. The predicted octanol–water partition coefficient (Wildman–Crippen LogP) is 22.6. The number of benzene rings is 1. The lowest BCUT2D eigenvalue weighted by atomic mass is 10.0. The lowest BCUT2D eigenvalue weighted by molar-refractivity contribution is 0.504. The Labute approximate surface area is 634 Å². The van der Waals surface area contributed by atoms with Crippen molar-refractivity contribution in [1.82, 2.24) is 110 Å². The van der Waals surface area contributed by atoms with E-state index in [2.05, 4.69) is 110 Å². The Hall–Kier alpha value is -10.9. The molecule has 578 valence electrons. The summed E-state index contributed by atoms with van der Waals surface area (Å²) in [5, 5.41) is 20.9. The molecule has 11 aromatic heterocycles. The van der Waals surface area contributed by atoms with Crippen LogP contribution in [0.15, 0.2) is 308 Å². The molecule has 0 bridgehead atoms. The van der Waals surface area contributed by atoms with Gasteiger partial charge in [0.1, 0.15) is 44.3 Å². The minimum atomic E-state index is 1.39. The first kappa shape index (κ1) is 123. The molecule has 1 saturated carbocycles. The summed E-state index contributed by atoms with van der Waals surface area (Å²) in [5.74, 6) is 0. The summed E-state index contributed by atoms with van der Waals surface area (Å²) in [6, 6.07) is 36.4. The van der Waals surface area contributed by atoms with Gasteiger partial charge >= 0.3 is 0 Å². The van der Waals surface area contributed by atoms with Gasteiger partial charge in [-0.05, 0) is 60.7 Å². The van der Waals surface area contributed by atoms with E-state index in [1.165, 1.54) is 95.2 Å². The summed E-state index contributed by atoms with van der Waals surface area (Å²) in [6.07, 6.45) is 58.9. The number of pyridine rings is 3. The molecule has 0 atom stereocenters. The van der Waals surface area contributed by atoms with Crippen molar-refractivity contribution in [1.29, 1.82) is 0 Å². The SMILES string of the molecule is C1CCCCC1.CC.CC.CC.CC.CC.CC.CC.CC.CC.CC.CC.CC.CC.c1ccccc1.c1ccncc1.c1ccncc1.c1ccncc1.c1ccnnc1.c1cnccn1.c1cnccn1.c1cncnc1.c1cncnc1.c1cnncn1.c1cnncn1.c1ncncn1. The summed E-state index contributed by atoms with van der Waals surface area (Å²) in [5.41, 5.74) is 0. The van der Waals surface area contributed by atoms with Crippen molar-refractivity contribution in [2.45, 2.75) is 219 Å². The quantitative estimate of drug-likeness (QED) is 0.136. The van der Waals surface area contributed by atoms with E-state index in [0.717, 1.165) is 0 Å². The van der Waals surface area contributed by atoms with Crippen LogP contribution in [0.4, 0.5) is 0 Å². The van der Waals surface area contributed by atoms with Gasteiger partial charge in [0, 0.05) is 136 Å². The fourth-order valence-corrected chi connectivity index (χ4v) is 4.26. The molecule has 22 heteroatoms. The van der Waals surface area contributed by atoms with Gasteiger partial charge in [0.15, 0.2) is 0 Å². The highest BCUT2D eigenvalue weighted by atomic mass is 15.1. The molecule has 0 radical (unpaired) electrons. The van der Waals surface area contributed by atoms with Crippen LogP contribution in [-0.4, -0.2) is 110 Å². The number of hydrogen-bond donors (Lipinski definition) is 0. The van der Waals surface area contributed by atoms with Crippen molar-refractivity contribution in [3.8, 4) is 0 Å². The van der Waals surface area contributed by atoms with Crippen LogP contribution in [0.1, 0.15) is 219 Å². The molecule has 0 unspecified atom stereocenters. The molecule has 0 saturated heterocycles. The van der Waals surface area contributed by atoms with Crippen molar-refractivity contribution in [2.75, 3.05) is 0 Å². The lowest BCUT2D eigenvalue weighted by Gasteiger charge is -2.05. The molecule has 0 amide bonds. The van der Waals surface area contributed by atoms with Crippen LogP contribution in [0, 0.1) is 0 Å². The van der Waals surface area contributed by atoms with Crippen LogP contribution in [0.2, 0.25) is 0 Å². The van der Waals surface area contributed by atoms with E-state index in [9.17, 15) is 0 Å². The predicted molar refractivity (Wildman–Crippen MR) is 444 cm³/mol. The van der Waals surface area contributed by atoms with Gasteiger partial charge in [0.05, 0.1) is 12.4 Å². The molecule has 22 nitrogen and oxygen atoms in total. The highest BCUT2D eigenvalue weighted by Crippen LogP contribution is 2.15. The average Bonchev–Trinajstić information content (AvgIpc) is 3.83. The molecule has 1 aromatic carbocycles. The molecule has 12 aromatic rings. The monoisotopic (exact) mass is 1430 g/mol. The molecule has 0 N–H and O–H groups in total. The van der Waals surface area contributed by atoms with Crippen LogP contribution in [0.3, 0.4) is 0 Å². The molecule has 0 aliphatic heterocycles. The van der Waals surface area contributed by atoms with Crippen LogP contribution in [0.5, 0.6) is 0 Å². The highest BCUT2D eigenvalue weighted by molar-refractivity contribution is 4.99. The number of aromatic nitrogens is 22. The largest absolute Gasteiger partial charge is 0.265 e. The maximum atomic E-state index is 3.78. The van der Waals surface area contributed by atoms with Gasteiger partial charge in [-0.2, -0.15) is 20.4 Å². The van der Waals surface area contributed by atoms with Gasteiger partial charge in [0.2, 0.25) is 0 Å². The van der Waals surface area contributed by atoms with Gasteiger partial charge in [-0.15, -0.1) is 10.2 Å². The van der Waals surface area contributed by atoms with E-state index in [0.29, 0.717) is 0 Å². The zero-order valence-corrected chi connectivity index (χ0v) is 68.9. The number of nitrogens with zero attached hydrogens (tertiary/aromatic N) is 22. The van der Waals surface area contributed by atoms with Crippen LogP contribution >= 0.6 is 0 Å². The first-order valence-electron chi connectivity index (χ1n) is 36.7. The van der Waals surface area contributed by atoms with E-state index >= 15 is 0 Å². The van der Waals surface area contributed by atoms with Crippen molar-refractivity contribution in [3.05, 3.63) is 308 Å². The van der Waals surface area contributed by atoms with Crippen LogP contribution in [-0.2, 0) is 0 Å². The second kappa shape index (κ2) is 170. The van der Waals surface area contributed by atoms with Gasteiger partial charge in [-0.3, -0.25) is 34.9 Å². The normalized spacial score (nSPS) is 7.67. The van der Waals surface area contributed by atoms with Crippen molar-refractivity contribution < 1.29 is 0 Å². The van der Waals surface area contributed by atoms with Crippen LogP contribution < -0.4 is 0 Å². The Bertz CT molecular complexity index is 1710.